The first-order chi connectivity index (χ1) is 16.1. The van der Waals surface area contributed by atoms with E-state index < -0.39 is 5.97 Å². The molecule has 4 heterocycles. The van der Waals surface area contributed by atoms with Gasteiger partial charge in [0.15, 0.2) is 0 Å². The number of piperidine rings is 1. The molecule has 4 aliphatic heterocycles. The molecule has 0 aliphatic carbocycles. The average molecular weight is 469 g/mol. The van der Waals surface area contributed by atoms with Crippen LogP contribution in [-0.4, -0.2) is 47.3 Å². The zero-order chi connectivity index (χ0) is 22.8. The number of benzene rings is 1. The molecular formula is C27H36N2O3S. The third-order valence-corrected chi connectivity index (χ3v) is 8.86. The number of hydrogen-bond acceptors (Lipinski definition) is 5. The average Bonchev–Trinajstić information content (AvgIpc) is 3.21. The molecule has 2 bridgehead atoms. The van der Waals surface area contributed by atoms with Crippen molar-refractivity contribution in [3.8, 4) is 0 Å². The highest BCUT2D eigenvalue weighted by Gasteiger charge is 2.45. The fraction of sp³-hybridized carbons (Fsp3) is 0.593. The van der Waals surface area contributed by atoms with Crippen LogP contribution in [0.15, 0.2) is 52.1 Å². The molecule has 6 heteroatoms. The molecule has 178 valence electrons. The van der Waals surface area contributed by atoms with E-state index in [1.807, 2.05) is 0 Å². The van der Waals surface area contributed by atoms with E-state index >= 15 is 0 Å². The second kappa shape index (κ2) is 10.2. The number of carbonyl (C=O) groups is 1. The first kappa shape index (κ1) is 23.0. The SMILES string of the molecule is CC(CCc1ccccc1)CC1=C2SC(NC3CCCCO3)C(C(=O)O)=C2C2CCCN1C2. The van der Waals surface area contributed by atoms with E-state index in [-0.39, 0.29) is 11.6 Å². The van der Waals surface area contributed by atoms with Crippen LogP contribution in [0.5, 0.6) is 0 Å². The number of nitrogens with one attached hydrogen (secondary N) is 1. The van der Waals surface area contributed by atoms with Gasteiger partial charge >= 0.3 is 5.97 Å². The molecule has 33 heavy (non-hydrogen) atoms. The maximum absolute atomic E-state index is 12.5. The second-order valence-corrected chi connectivity index (χ2v) is 11.2. The van der Waals surface area contributed by atoms with Crippen LogP contribution in [0.1, 0.15) is 57.4 Å². The zero-order valence-electron chi connectivity index (χ0n) is 19.6. The Labute approximate surface area is 201 Å². The Balaban J connectivity index is 1.39. The molecule has 0 saturated carbocycles. The third kappa shape index (κ3) is 5.03. The van der Waals surface area contributed by atoms with Crippen LogP contribution in [0.4, 0.5) is 0 Å². The highest BCUT2D eigenvalue weighted by molar-refractivity contribution is 8.04. The highest BCUT2D eigenvalue weighted by Crippen LogP contribution is 2.52. The summed E-state index contributed by atoms with van der Waals surface area (Å²) in [5, 5.41) is 13.6. The fourth-order valence-corrected chi connectivity index (χ4v) is 7.38. The van der Waals surface area contributed by atoms with Gasteiger partial charge in [-0.05, 0) is 68.4 Å². The van der Waals surface area contributed by atoms with Gasteiger partial charge in [0.05, 0.1) is 10.9 Å². The number of ether oxygens (including phenoxy) is 1. The Hall–Kier alpha value is -1.76. The van der Waals surface area contributed by atoms with E-state index in [0.717, 1.165) is 76.6 Å². The summed E-state index contributed by atoms with van der Waals surface area (Å²) < 4.78 is 5.91. The molecule has 4 aliphatic rings. The van der Waals surface area contributed by atoms with Crippen molar-refractivity contribution in [3.63, 3.8) is 0 Å². The summed E-state index contributed by atoms with van der Waals surface area (Å²) in [5.74, 6) is 0.126. The Morgan fingerprint density at radius 1 is 1.24 bits per heavy atom. The molecule has 0 amide bonds. The smallest absolute Gasteiger partial charge is 0.334 e. The summed E-state index contributed by atoms with van der Waals surface area (Å²) in [7, 11) is 0. The van der Waals surface area contributed by atoms with E-state index in [2.05, 4.69) is 47.5 Å². The molecule has 2 saturated heterocycles. The topological polar surface area (TPSA) is 61.8 Å². The van der Waals surface area contributed by atoms with Crippen LogP contribution >= 0.6 is 11.8 Å². The van der Waals surface area contributed by atoms with Gasteiger partial charge in [-0.2, -0.15) is 0 Å². The van der Waals surface area contributed by atoms with E-state index in [4.69, 9.17) is 4.74 Å². The van der Waals surface area contributed by atoms with E-state index in [9.17, 15) is 9.90 Å². The number of aryl methyl sites for hydroxylation is 1. The van der Waals surface area contributed by atoms with Crippen LogP contribution in [0.3, 0.4) is 0 Å². The van der Waals surface area contributed by atoms with Gasteiger partial charge in [-0.15, -0.1) is 0 Å². The van der Waals surface area contributed by atoms with Crippen molar-refractivity contribution in [3.05, 3.63) is 57.6 Å². The van der Waals surface area contributed by atoms with Crippen molar-refractivity contribution in [1.29, 1.82) is 0 Å². The van der Waals surface area contributed by atoms with Gasteiger partial charge in [-0.1, -0.05) is 49.0 Å². The molecular weight excluding hydrogens is 432 g/mol. The molecule has 5 nitrogen and oxygen atoms in total. The number of carboxylic acid groups (broad SMARTS) is 1. The molecule has 4 atom stereocenters. The number of fused-ring (bicyclic) bond motifs is 4. The normalized spacial score (nSPS) is 28.2. The molecule has 4 unspecified atom stereocenters. The first-order valence-corrected chi connectivity index (χ1v) is 13.5. The molecule has 5 rings (SSSR count). The molecule has 2 N–H and O–H groups in total. The number of carboxylic acids is 1. The van der Waals surface area contributed by atoms with Gasteiger partial charge in [-0.25, -0.2) is 4.79 Å². The maximum atomic E-state index is 12.5. The summed E-state index contributed by atoms with van der Waals surface area (Å²) in [4.78, 5) is 16.3. The summed E-state index contributed by atoms with van der Waals surface area (Å²) in [6.45, 7) is 5.18. The lowest BCUT2D eigenvalue weighted by Gasteiger charge is -2.43. The van der Waals surface area contributed by atoms with Gasteiger partial charge in [0.1, 0.15) is 6.23 Å². The number of thioether (sulfide) groups is 1. The largest absolute Gasteiger partial charge is 0.478 e. The zero-order valence-corrected chi connectivity index (χ0v) is 20.4. The Kier molecular flexibility index (Phi) is 7.14. The lowest BCUT2D eigenvalue weighted by molar-refractivity contribution is -0.133. The molecule has 0 aromatic heterocycles. The van der Waals surface area contributed by atoms with Crippen LogP contribution in [0.2, 0.25) is 0 Å². The number of nitrogens with zero attached hydrogens (tertiary/aromatic N) is 1. The van der Waals surface area contributed by atoms with Gasteiger partial charge in [0, 0.05) is 36.2 Å². The summed E-state index contributed by atoms with van der Waals surface area (Å²) >= 11 is 1.74. The molecule has 0 spiro atoms. The predicted molar refractivity (Wildman–Crippen MR) is 133 cm³/mol. The Morgan fingerprint density at radius 2 is 2.09 bits per heavy atom. The number of aliphatic carboxylic acids is 1. The monoisotopic (exact) mass is 468 g/mol. The van der Waals surface area contributed by atoms with Gasteiger partial charge in [0.2, 0.25) is 0 Å². The lowest BCUT2D eigenvalue weighted by atomic mass is 9.81. The minimum absolute atomic E-state index is 0.0418. The van der Waals surface area contributed by atoms with Crippen molar-refractivity contribution in [2.75, 3.05) is 19.7 Å². The number of hydrogen-bond donors (Lipinski definition) is 2. The van der Waals surface area contributed by atoms with Crippen molar-refractivity contribution >= 4 is 17.7 Å². The third-order valence-electron chi connectivity index (χ3n) is 7.56. The number of allylic oxidation sites excluding steroid dienone is 2. The van der Waals surface area contributed by atoms with Crippen molar-refractivity contribution in [2.24, 2.45) is 11.8 Å². The Morgan fingerprint density at radius 3 is 2.85 bits per heavy atom. The molecule has 1 aromatic rings. The minimum Gasteiger partial charge on any atom is -0.478 e. The summed E-state index contributed by atoms with van der Waals surface area (Å²) in [6, 6.07) is 10.7. The van der Waals surface area contributed by atoms with Crippen molar-refractivity contribution in [2.45, 2.75) is 69.9 Å². The van der Waals surface area contributed by atoms with E-state index in [1.165, 1.54) is 16.2 Å². The lowest BCUT2D eigenvalue weighted by Crippen LogP contribution is -2.42. The van der Waals surface area contributed by atoms with Crippen molar-refractivity contribution < 1.29 is 14.6 Å². The second-order valence-electron chi connectivity index (χ2n) is 10.0. The van der Waals surface area contributed by atoms with E-state index in [0.29, 0.717) is 17.4 Å². The molecule has 0 radical (unpaired) electrons. The molecule has 2 fully saturated rings. The molecule has 1 aromatic carbocycles. The summed E-state index contributed by atoms with van der Waals surface area (Å²) in [5.41, 5.74) is 4.50. The highest BCUT2D eigenvalue weighted by atomic mass is 32.2. The van der Waals surface area contributed by atoms with Crippen LogP contribution in [0, 0.1) is 11.8 Å². The van der Waals surface area contributed by atoms with Crippen LogP contribution < -0.4 is 5.32 Å². The maximum Gasteiger partial charge on any atom is 0.334 e. The van der Waals surface area contributed by atoms with Crippen LogP contribution in [0.25, 0.3) is 0 Å². The fourth-order valence-electron chi connectivity index (χ4n) is 5.83. The summed E-state index contributed by atoms with van der Waals surface area (Å²) in [6.07, 6.45) is 8.63. The van der Waals surface area contributed by atoms with Gasteiger partial charge in [-0.3, -0.25) is 5.32 Å². The number of rotatable bonds is 8. The van der Waals surface area contributed by atoms with Gasteiger partial charge < -0.3 is 14.7 Å². The predicted octanol–water partition coefficient (Wildman–Crippen LogP) is 5.15. The van der Waals surface area contributed by atoms with Crippen molar-refractivity contribution in [1.82, 2.24) is 10.2 Å². The quantitative estimate of drug-likeness (QED) is 0.550. The van der Waals surface area contributed by atoms with Crippen LogP contribution in [-0.2, 0) is 16.0 Å². The first-order valence-electron chi connectivity index (χ1n) is 12.6. The minimum atomic E-state index is -0.767. The van der Waals surface area contributed by atoms with E-state index in [1.54, 1.807) is 11.8 Å². The Bertz CT molecular complexity index is 923. The standard InChI is InChI=1S/C27H36N2O3S/c1-18(12-13-19-8-3-2-4-9-19)16-21-25-23(20-10-7-14-29(21)17-20)24(27(30)31)26(33-25)28-22-11-5-6-15-32-22/h2-4,8-9,18,20,22,26,28H,5-7,10-17H2,1H3,(H,30,31). The van der Waals surface area contributed by atoms with Gasteiger partial charge in [0.25, 0.3) is 0 Å².